The normalized spacial score (nSPS) is 20.1. The van der Waals surface area contributed by atoms with Gasteiger partial charge in [-0.05, 0) is 56.2 Å². The minimum Gasteiger partial charge on any atom is -0.344 e. The first kappa shape index (κ1) is 25.9. The Morgan fingerprint density at radius 2 is 1.89 bits per heavy atom. The highest BCUT2D eigenvalue weighted by Gasteiger charge is 2.41. The van der Waals surface area contributed by atoms with Crippen LogP contribution in [-0.2, 0) is 14.4 Å². The molecule has 36 heavy (non-hydrogen) atoms. The molecular weight excluding hydrogens is 461 g/mol. The SMILES string of the molecule is CC[C@@H](C)C(=O)N[C@H](C(=O)N1CCC[C@H]1C(=O)Nc1ccnn1-c1cccc(F)c1)C1CCCCC1. The van der Waals surface area contributed by atoms with E-state index in [2.05, 4.69) is 15.7 Å². The number of aromatic nitrogens is 2. The summed E-state index contributed by atoms with van der Waals surface area (Å²) in [6, 6.07) is 6.35. The van der Waals surface area contributed by atoms with Gasteiger partial charge in [-0.2, -0.15) is 5.10 Å². The Balaban J connectivity index is 1.50. The van der Waals surface area contributed by atoms with Crippen molar-refractivity contribution in [2.45, 2.75) is 77.3 Å². The molecule has 1 saturated heterocycles. The number of nitrogens with zero attached hydrogens (tertiary/aromatic N) is 3. The van der Waals surface area contributed by atoms with Gasteiger partial charge < -0.3 is 15.5 Å². The van der Waals surface area contributed by atoms with Crippen LogP contribution in [-0.4, -0.2) is 51.0 Å². The second kappa shape index (κ2) is 11.7. The lowest BCUT2D eigenvalue weighted by Crippen LogP contribution is -2.56. The van der Waals surface area contributed by atoms with Crippen molar-refractivity contribution in [3.63, 3.8) is 0 Å². The third-order valence-corrected chi connectivity index (χ3v) is 7.53. The van der Waals surface area contributed by atoms with E-state index in [0.29, 0.717) is 37.3 Å². The molecule has 1 aromatic heterocycles. The summed E-state index contributed by atoms with van der Waals surface area (Å²) in [5.41, 5.74) is 0.486. The highest BCUT2D eigenvalue weighted by Crippen LogP contribution is 2.30. The molecule has 9 heteroatoms. The van der Waals surface area contributed by atoms with E-state index < -0.39 is 17.9 Å². The number of halogens is 1. The van der Waals surface area contributed by atoms with E-state index in [0.717, 1.165) is 32.1 Å². The van der Waals surface area contributed by atoms with Crippen LogP contribution in [0.25, 0.3) is 5.69 Å². The molecule has 0 bridgehead atoms. The van der Waals surface area contributed by atoms with Gasteiger partial charge in [0.1, 0.15) is 23.7 Å². The molecular formula is C27H36FN5O3. The second-order valence-electron chi connectivity index (χ2n) is 9.98. The van der Waals surface area contributed by atoms with Crippen molar-refractivity contribution < 1.29 is 18.8 Å². The maximum absolute atomic E-state index is 13.8. The molecule has 2 aliphatic rings. The van der Waals surface area contributed by atoms with Crippen LogP contribution in [0.2, 0.25) is 0 Å². The van der Waals surface area contributed by atoms with Gasteiger partial charge in [-0.25, -0.2) is 9.07 Å². The Morgan fingerprint density at radius 1 is 1.11 bits per heavy atom. The zero-order valence-corrected chi connectivity index (χ0v) is 21.1. The monoisotopic (exact) mass is 497 g/mol. The van der Waals surface area contributed by atoms with Crippen molar-refractivity contribution in [2.75, 3.05) is 11.9 Å². The van der Waals surface area contributed by atoms with Gasteiger partial charge >= 0.3 is 0 Å². The number of anilines is 1. The second-order valence-corrected chi connectivity index (χ2v) is 9.98. The van der Waals surface area contributed by atoms with Crippen molar-refractivity contribution in [3.8, 4) is 5.69 Å². The van der Waals surface area contributed by atoms with Gasteiger partial charge in [0.15, 0.2) is 0 Å². The lowest BCUT2D eigenvalue weighted by Gasteiger charge is -2.35. The van der Waals surface area contributed by atoms with E-state index in [-0.39, 0.29) is 29.6 Å². The molecule has 2 fully saturated rings. The van der Waals surface area contributed by atoms with Crippen molar-refractivity contribution in [2.24, 2.45) is 11.8 Å². The van der Waals surface area contributed by atoms with Crippen molar-refractivity contribution in [3.05, 3.63) is 42.3 Å². The first-order valence-corrected chi connectivity index (χ1v) is 13.1. The smallest absolute Gasteiger partial charge is 0.248 e. The van der Waals surface area contributed by atoms with E-state index in [4.69, 9.17) is 0 Å². The molecule has 3 amide bonds. The van der Waals surface area contributed by atoms with Crippen LogP contribution in [0.15, 0.2) is 36.5 Å². The van der Waals surface area contributed by atoms with Gasteiger partial charge in [0.25, 0.3) is 0 Å². The maximum atomic E-state index is 13.8. The van der Waals surface area contributed by atoms with E-state index >= 15 is 0 Å². The predicted octanol–water partition coefficient (Wildman–Crippen LogP) is 4.05. The largest absolute Gasteiger partial charge is 0.344 e. The molecule has 1 aliphatic heterocycles. The maximum Gasteiger partial charge on any atom is 0.248 e. The highest BCUT2D eigenvalue weighted by molar-refractivity contribution is 5.98. The zero-order chi connectivity index (χ0) is 25.7. The number of benzene rings is 1. The quantitative estimate of drug-likeness (QED) is 0.575. The summed E-state index contributed by atoms with van der Waals surface area (Å²) in [7, 11) is 0. The molecule has 2 N–H and O–H groups in total. The average molecular weight is 498 g/mol. The third kappa shape index (κ3) is 5.77. The number of carbonyl (C=O) groups excluding carboxylic acids is 3. The number of carbonyl (C=O) groups is 3. The third-order valence-electron chi connectivity index (χ3n) is 7.53. The number of nitrogens with one attached hydrogen (secondary N) is 2. The lowest BCUT2D eigenvalue weighted by atomic mass is 9.83. The Hall–Kier alpha value is -3.23. The molecule has 3 atom stereocenters. The fourth-order valence-electron chi connectivity index (χ4n) is 5.23. The molecule has 1 aromatic carbocycles. The Kier molecular flexibility index (Phi) is 8.38. The van der Waals surface area contributed by atoms with Crippen molar-refractivity contribution in [1.82, 2.24) is 20.0 Å². The number of hydrogen-bond acceptors (Lipinski definition) is 4. The van der Waals surface area contributed by atoms with E-state index in [1.54, 1.807) is 23.1 Å². The standard InChI is InChI=1S/C27H36FN5O3/c1-3-18(2)25(34)31-24(19-9-5-4-6-10-19)27(36)32-16-8-13-22(32)26(35)30-23-14-15-29-33(23)21-12-7-11-20(28)17-21/h7,11-12,14-15,17-19,22,24H,3-6,8-10,13,16H2,1-2H3,(H,30,35)(H,31,34)/t18-,22+,24+/m1/s1. The summed E-state index contributed by atoms with van der Waals surface area (Å²) < 4.78 is 15.2. The zero-order valence-electron chi connectivity index (χ0n) is 21.1. The molecule has 1 saturated carbocycles. The van der Waals surface area contributed by atoms with Crippen molar-refractivity contribution >= 4 is 23.5 Å². The summed E-state index contributed by atoms with van der Waals surface area (Å²) >= 11 is 0. The van der Waals surface area contributed by atoms with Gasteiger partial charge in [0.2, 0.25) is 17.7 Å². The predicted molar refractivity (Wildman–Crippen MR) is 135 cm³/mol. The van der Waals surface area contributed by atoms with Crippen LogP contribution in [0, 0.1) is 17.7 Å². The van der Waals surface area contributed by atoms with Crippen LogP contribution >= 0.6 is 0 Å². The molecule has 0 spiro atoms. The van der Waals surface area contributed by atoms with Crippen LogP contribution in [0.5, 0.6) is 0 Å². The molecule has 0 unspecified atom stereocenters. The molecule has 8 nitrogen and oxygen atoms in total. The molecule has 194 valence electrons. The van der Waals surface area contributed by atoms with Crippen LogP contribution in [0.1, 0.15) is 65.2 Å². The van der Waals surface area contributed by atoms with Crippen LogP contribution in [0.3, 0.4) is 0 Å². The summed E-state index contributed by atoms with van der Waals surface area (Å²) in [6.07, 6.45) is 8.51. The van der Waals surface area contributed by atoms with Crippen molar-refractivity contribution in [1.29, 1.82) is 0 Å². The molecule has 2 aromatic rings. The number of likely N-dealkylation sites (tertiary alicyclic amines) is 1. The first-order chi connectivity index (χ1) is 17.4. The molecule has 2 heterocycles. The first-order valence-electron chi connectivity index (χ1n) is 13.1. The highest BCUT2D eigenvalue weighted by atomic mass is 19.1. The van der Waals surface area contributed by atoms with Gasteiger partial charge in [-0.3, -0.25) is 14.4 Å². The average Bonchev–Trinajstić information content (AvgIpc) is 3.57. The number of rotatable bonds is 8. The van der Waals surface area contributed by atoms with Gasteiger partial charge in [-0.15, -0.1) is 0 Å². The van der Waals surface area contributed by atoms with Crippen LogP contribution in [0.4, 0.5) is 10.2 Å². The lowest BCUT2D eigenvalue weighted by molar-refractivity contribution is -0.142. The minimum atomic E-state index is -0.639. The summed E-state index contributed by atoms with van der Waals surface area (Å²) in [5.74, 6) is -0.687. The Labute approximate surface area is 211 Å². The topological polar surface area (TPSA) is 96.3 Å². The summed E-state index contributed by atoms with van der Waals surface area (Å²) in [6.45, 7) is 4.30. The van der Waals surface area contributed by atoms with Gasteiger partial charge in [0.05, 0.1) is 11.9 Å². The Morgan fingerprint density at radius 3 is 2.61 bits per heavy atom. The van der Waals surface area contributed by atoms with E-state index in [1.165, 1.54) is 23.0 Å². The molecule has 0 radical (unpaired) electrons. The van der Waals surface area contributed by atoms with Gasteiger partial charge in [0, 0.05) is 18.5 Å². The number of hydrogen-bond donors (Lipinski definition) is 2. The van der Waals surface area contributed by atoms with Gasteiger partial charge in [-0.1, -0.05) is 39.2 Å². The van der Waals surface area contributed by atoms with E-state index in [1.807, 2.05) is 13.8 Å². The number of amides is 3. The molecule has 4 rings (SSSR count). The van der Waals surface area contributed by atoms with Crippen LogP contribution < -0.4 is 10.6 Å². The molecule has 1 aliphatic carbocycles. The Bertz CT molecular complexity index is 1080. The van der Waals surface area contributed by atoms with E-state index in [9.17, 15) is 18.8 Å². The fourth-order valence-corrected chi connectivity index (χ4v) is 5.23. The summed E-state index contributed by atoms with van der Waals surface area (Å²) in [5, 5.41) is 10.1. The summed E-state index contributed by atoms with van der Waals surface area (Å²) in [4.78, 5) is 41.6. The minimum absolute atomic E-state index is 0.0815. The fraction of sp³-hybridized carbons (Fsp3) is 0.556.